The standard InChI is InChI=1S/C12H14F3NO4/c1-19-7-9(6-17)16-11(18)8-2-4-10(5-3-8)20-12(13,14)15/h2-5,9,17H,6-7H2,1H3,(H,16,18). The number of halogens is 3. The number of nitrogens with one attached hydrogen (secondary N) is 1. The Morgan fingerprint density at radius 1 is 1.35 bits per heavy atom. The van der Waals surface area contributed by atoms with Crippen LogP contribution in [0, 0.1) is 0 Å². The second-order valence-corrected chi connectivity index (χ2v) is 3.88. The molecule has 0 spiro atoms. The van der Waals surface area contributed by atoms with E-state index < -0.39 is 24.1 Å². The molecule has 2 N–H and O–H groups in total. The van der Waals surface area contributed by atoms with Crippen molar-refractivity contribution in [2.45, 2.75) is 12.4 Å². The molecule has 0 heterocycles. The molecule has 0 saturated heterocycles. The summed E-state index contributed by atoms with van der Waals surface area (Å²) in [6.07, 6.45) is -4.77. The van der Waals surface area contributed by atoms with Gasteiger partial charge in [-0.15, -0.1) is 13.2 Å². The van der Waals surface area contributed by atoms with Gasteiger partial charge in [0.25, 0.3) is 5.91 Å². The number of carbonyl (C=O) groups excluding carboxylic acids is 1. The Hall–Kier alpha value is -1.80. The van der Waals surface area contributed by atoms with E-state index in [9.17, 15) is 18.0 Å². The molecule has 0 aromatic heterocycles. The third-order valence-corrected chi connectivity index (χ3v) is 2.27. The maximum absolute atomic E-state index is 12.0. The Morgan fingerprint density at radius 2 is 1.95 bits per heavy atom. The van der Waals surface area contributed by atoms with Crippen molar-refractivity contribution in [2.24, 2.45) is 0 Å². The second kappa shape index (κ2) is 7.11. The number of ether oxygens (including phenoxy) is 2. The van der Waals surface area contributed by atoms with Gasteiger partial charge in [0.15, 0.2) is 0 Å². The maximum atomic E-state index is 12.0. The zero-order chi connectivity index (χ0) is 15.2. The van der Waals surface area contributed by atoms with E-state index in [4.69, 9.17) is 9.84 Å². The van der Waals surface area contributed by atoms with Gasteiger partial charge < -0.3 is 19.9 Å². The lowest BCUT2D eigenvalue weighted by atomic mass is 10.2. The van der Waals surface area contributed by atoms with Gasteiger partial charge in [0, 0.05) is 12.7 Å². The molecule has 8 heteroatoms. The van der Waals surface area contributed by atoms with Crippen molar-refractivity contribution in [1.82, 2.24) is 5.32 Å². The Kier molecular flexibility index (Phi) is 5.78. The molecule has 0 radical (unpaired) electrons. The van der Waals surface area contributed by atoms with Crippen LogP contribution < -0.4 is 10.1 Å². The van der Waals surface area contributed by atoms with Crippen molar-refractivity contribution in [3.63, 3.8) is 0 Å². The molecule has 5 nitrogen and oxygen atoms in total. The Morgan fingerprint density at radius 3 is 2.40 bits per heavy atom. The summed E-state index contributed by atoms with van der Waals surface area (Å²) in [4.78, 5) is 11.7. The zero-order valence-electron chi connectivity index (χ0n) is 10.6. The van der Waals surface area contributed by atoms with Crippen LogP contribution in [0.5, 0.6) is 5.75 Å². The molecule has 0 saturated carbocycles. The van der Waals surface area contributed by atoms with Crippen LogP contribution in [0.3, 0.4) is 0 Å². The Bertz CT molecular complexity index is 433. The fourth-order valence-electron chi connectivity index (χ4n) is 1.42. The van der Waals surface area contributed by atoms with Gasteiger partial charge >= 0.3 is 6.36 Å². The summed E-state index contributed by atoms with van der Waals surface area (Å²) in [5.74, 6) is -0.940. The molecule has 1 atom stereocenters. The molecule has 1 aromatic carbocycles. The average Bonchev–Trinajstić information content (AvgIpc) is 2.37. The second-order valence-electron chi connectivity index (χ2n) is 3.88. The summed E-state index contributed by atoms with van der Waals surface area (Å²) < 4.78 is 44.4. The third kappa shape index (κ3) is 5.45. The van der Waals surface area contributed by atoms with E-state index in [0.717, 1.165) is 12.1 Å². The van der Waals surface area contributed by atoms with E-state index in [1.54, 1.807) is 0 Å². The van der Waals surface area contributed by atoms with Crippen LogP contribution in [0.1, 0.15) is 10.4 Å². The van der Waals surface area contributed by atoms with Crippen LogP contribution in [0.4, 0.5) is 13.2 Å². The number of hydrogen-bond acceptors (Lipinski definition) is 4. The van der Waals surface area contributed by atoms with E-state index in [-0.39, 0.29) is 18.8 Å². The largest absolute Gasteiger partial charge is 0.573 e. The molecule has 0 bridgehead atoms. The highest BCUT2D eigenvalue weighted by molar-refractivity contribution is 5.94. The van der Waals surface area contributed by atoms with E-state index in [1.165, 1.54) is 19.2 Å². The number of rotatable bonds is 6. The zero-order valence-corrected chi connectivity index (χ0v) is 10.6. The molecule has 0 aliphatic heterocycles. The summed E-state index contributed by atoms with van der Waals surface area (Å²) in [7, 11) is 1.41. The number of hydrogen-bond donors (Lipinski definition) is 2. The number of amides is 1. The topological polar surface area (TPSA) is 67.8 Å². The predicted octanol–water partition coefficient (Wildman–Crippen LogP) is 1.32. The van der Waals surface area contributed by atoms with Gasteiger partial charge in [-0.1, -0.05) is 0 Å². The van der Waals surface area contributed by atoms with Crippen LogP contribution in [-0.4, -0.2) is 43.7 Å². The van der Waals surface area contributed by atoms with Crippen LogP contribution >= 0.6 is 0 Å². The maximum Gasteiger partial charge on any atom is 0.573 e. The molecular weight excluding hydrogens is 279 g/mol. The molecule has 1 amide bonds. The third-order valence-electron chi connectivity index (χ3n) is 2.27. The SMILES string of the molecule is COCC(CO)NC(=O)c1ccc(OC(F)(F)F)cc1. The summed E-state index contributed by atoms with van der Waals surface area (Å²) in [5, 5.41) is 11.5. The molecule has 1 rings (SSSR count). The van der Waals surface area contributed by atoms with Crippen LogP contribution in [0.25, 0.3) is 0 Å². The molecular formula is C12H14F3NO4. The van der Waals surface area contributed by atoms with Crippen LogP contribution in [0.15, 0.2) is 24.3 Å². The van der Waals surface area contributed by atoms with E-state index in [0.29, 0.717) is 0 Å². The normalized spacial score (nSPS) is 12.8. The van der Waals surface area contributed by atoms with Gasteiger partial charge in [0.05, 0.1) is 19.3 Å². The quantitative estimate of drug-likeness (QED) is 0.830. The van der Waals surface area contributed by atoms with Crippen molar-refractivity contribution >= 4 is 5.91 Å². The molecule has 1 aromatic rings. The molecule has 0 aliphatic rings. The van der Waals surface area contributed by atoms with E-state index in [1.807, 2.05) is 0 Å². The summed E-state index contributed by atoms with van der Waals surface area (Å²) in [6, 6.07) is 3.87. The molecule has 0 aliphatic carbocycles. The minimum Gasteiger partial charge on any atom is -0.406 e. The first kappa shape index (κ1) is 16.3. The Balaban J connectivity index is 2.66. The van der Waals surface area contributed by atoms with Gasteiger partial charge in [-0.05, 0) is 24.3 Å². The number of methoxy groups -OCH3 is 1. The number of alkyl halides is 3. The van der Waals surface area contributed by atoms with Crippen molar-refractivity contribution in [1.29, 1.82) is 0 Å². The highest BCUT2D eigenvalue weighted by Crippen LogP contribution is 2.22. The van der Waals surface area contributed by atoms with Gasteiger partial charge in [-0.2, -0.15) is 0 Å². The molecule has 112 valence electrons. The Labute approximate surface area is 113 Å². The van der Waals surface area contributed by atoms with E-state index in [2.05, 4.69) is 10.1 Å². The lowest BCUT2D eigenvalue weighted by molar-refractivity contribution is -0.274. The summed E-state index contributed by atoms with van der Waals surface area (Å²) >= 11 is 0. The lowest BCUT2D eigenvalue weighted by Gasteiger charge is -2.15. The number of aliphatic hydroxyl groups is 1. The van der Waals surface area contributed by atoms with Crippen molar-refractivity contribution < 1.29 is 32.5 Å². The first-order chi connectivity index (χ1) is 9.35. The molecule has 0 fully saturated rings. The van der Waals surface area contributed by atoms with Gasteiger partial charge in [-0.3, -0.25) is 4.79 Å². The first-order valence-electron chi connectivity index (χ1n) is 5.62. The minimum absolute atomic E-state index is 0.123. The van der Waals surface area contributed by atoms with E-state index >= 15 is 0 Å². The number of aliphatic hydroxyl groups excluding tert-OH is 1. The van der Waals surface area contributed by atoms with Crippen molar-refractivity contribution in [2.75, 3.05) is 20.3 Å². The van der Waals surface area contributed by atoms with Crippen LogP contribution in [0.2, 0.25) is 0 Å². The predicted molar refractivity (Wildman–Crippen MR) is 63.3 cm³/mol. The van der Waals surface area contributed by atoms with Crippen LogP contribution in [-0.2, 0) is 4.74 Å². The average molecular weight is 293 g/mol. The summed E-state index contributed by atoms with van der Waals surface area (Å²) in [6.45, 7) is -0.188. The number of carbonyl (C=O) groups is 1. The van der Waals surface area contributed by atoms with Gasteiger partial charge in [0.1, 0.15) is 5.75 Å². The fraction of sp³-hybridized carbons (Fsp3) is 0.417. The highest BCUT2D eigenvalue weighted by atomic mass is 19.4. The smallest absolute Gasteiger partial charge is 0.406 e. The van der Waals surface area contributed by atoms with Crippen molar-refractivity contribution in [3.8, 4) is 5.75 Å². The van der Waals surface area contributed by atoms with Gasteiger partial charge in [0.2, 0.25) is 0 Å². The fourth-order valence-corrected chi connectivity index (χ4v) is 1.42. The molecule has 1 unspecified atom stereocenters. The number of benzene rings is 1. The van der Waals surface area contributed by atoms with Crippen molar-refractivity contribution in [3.05, 3.63) is 29.8 Å². The van der Waals surface area contributed by atoms with Gasteiger partial charge in [-0.25, -0.2) is 0 Å². The monoisotopic (exact) mass is 293 g/mol. The first-order valence-corrected chi connectivity index (χ1v) is 5.62. The lowest BCUT2D eigenvalue weighted by Crippen LogP contribution is -2.40. The minimum atomic E-state index is -4.77. The summed E-state index contributed by atoms with van der Waals surface area (Å²) in [5.41, 5.74) is 0.147. The molecule has 20 heavy (non-hydrogen) atoms. The highest BCUT2D eigenvalue weighted by Gasteiger charge is 2.31.